The van der Waals surface area contributed by atoms with Crippen LogP contribution in [0.4, 0.5) is 10.2 Å². The zero-order valence-electron chi connectivity index (χ0n) is 17.1. The monoisotopic (exact) mass is 397 g/mol. The molecule has 1 N–H and O–H groups in total. The molecule has 154 valence electrons. The maximum absolute atomic E-state index is 14.9. The number of fused-ring (bicyclic) bond motifs is 3. The van der Waals surface area contributed by atoms with Crippen LogP contribution in [0.1, 0.15) is 42.7 Å². The smallest absolute Gasteiger partial charge is 0.316 e. The second kappa shape index (κ2) is 7.75. The van der Waals surface area contributed by atoms with Crippen molar-refractivity contribution in [1.29, 1.82) is 0 Å². The van der Waals surface area contributed by atoms with Crippen molar-refractivity contribution >= 4 is 5.82 Å². The Kier molecular flexibility index (Phi) is 5.30. The van der Waals surface area contributed by atoms with Crippen LogP contribution in [-0.4, -0.2) is 34.8 Å². The number of aromatic nitrogens is 2. The number of anilines is 1. The molecule has 1 aromatic carbocycles. The Morgan fingerprint density at radius 3 is 2.97 bits per heavy atom. The Bertz CT molecular complexity index is 931. The molecular formula is C23H28FN3O2. The van der Waals surface area contributed by atoms with Crippen molar-refractivity contribution in [3.05, 3.63) is 59.1 Å². The normalized spacial score (nSPS) is 20.4. The highest BCUT2D eigenvalue weighted by Gasteiger charge is 2.44. The molecule has 2 aromatic rings. The predicted molar refractivity (Wildman–Crippen MR) is 111 cm³/mol. The van der Waals surface area contributed by atoms with Gasteiger partial charge in [-0.05, 0) is 30.4 Å². The van der Waals surface area contributed by atoms with E-state index in [9.17, 15) is 9.50 Å². The Balaban J connectivity index is 1.77. The number of nitrogens with zero attached hydrogens (tertiary/aromatic N) is 3. The van der Waals surface area contributed by atoms with Crippen LogP contribution in [0.15, 0.2) is 30.9 Å². The van der Waals surface area contributed by atoms with Gasteiger partial charge >= 0.3 is 6.01 Å². The third-order valence-corrected chi connectivity index (χ3v) is 5.92. The molecule has 0 saturated carbocycles. The summed E-state index contributed by atoms with van der Waals surface area (Å²) in [5.41, 5.74) is 3.04. The molecule has 4 rings (SSSR count). The summed E-state index contributed by atoms with van der Waals surface area (Å²) in [6.07, 6.45) is 3.86. The lowest BCUT2D eigenvalue weighted by atomic mass is 9.67. The topological polar surface area (TPSA) is 58.5 Å². The van der Waals surface area contributed by atoms with Gasteiger partial charge in [0.25, 0.3) is 0 Å². The van der Waals surface area contributed by atoms with Crippen LogP contribution in [0.3, 0.4) is 0 Å². The minimum absolute atomic E-state index is 0.180. The van der Waals surface area contributed by atoms with E-state index in [2.05, 4.69) is 35.3 Å². The van der Waals surface area contributed by atoms with Crippen LogP contribution >= 0.6 is 0 Å². The van der Waals surface area contributed by atoms with Gasteiger partial charge in [0.15, 0.2) is 0 Å². The molecule has 0 radical (unpaired) electrons. The first-order valence-corrected chi connectivity index (χ1v) is 10.2. The summed E-state index contributed by atoms with van der Waals surface area (Å²) >= 11 is 0. The van der Waals surface area contributed by atoms with Gasteiger partial charge in [-0.25, -0.2) is 4.39 Å². The van der Waals surface area contributed by atoms with Gasteiger partial charge < -0.3 is 14.7 Å². The van der Waals surface area contributed by atoms with E-state index in [-0.39, 0.29) is 11.8 Å². The molecule has 0 saturated heterocycles. The van der Waals surface area contributed by atoms with E-state index in [0.29, 0.717) is 38.5 Å². The van der Waals surface area contributed by atoms with Gasteiger partial charge in [-0.2, -0.15) is 9.97 Å². The maximum atomic E-state index is 14.9. The molecule has 1 spiro atoms. The summed E-state index contributed by atoms with van der Waals surface area (Å²) in [5, 5.41) is 10.3. The molecule has 1 aromatic heterocycles. The zero-order chi connectivity index (χ0) is 20.6. The number of hydrogen-bond acceptors (Lipinski definition) is 5. The molecular weight excluding hydrogens is 369 g/mol. The molecule has 5 nitrogen and oxygen atoms in total. The van der Waals surface area contributed by atoms with Gasteiger partial charge in [-0.3, -0.25) is 0 Å². The highest BCUT2D eigenvalue weighted by Crippen LogP contribution is 2.45. The lowest BCUT2D eigenvalue weighted by Crippen LogP contribution is -2.43. The molecule has 1 aliphatic heterocycles. The minimum atomic E-state index is -0.453. The summed E-state index contributed by atoms with van der Waals surface area (Å²) in [6.45, 7) is 10.5. The number of aromatic hydroxyl groups is 1. The third kappa shape index (κ3) is 3.62. The first-order chi connectivity index (χ1) is 13.9. The molecule has 0 fully saturated rings. The number of hydrogen-bond donors (Lipinski definition) is 1. The molecule has 29 heavy (non-hydrogen) atoms. The lowest BCUT2D eigenvalue weighted by Gasteiger charge is -2.42. The molecule has 1 aliphatic carbocycles. The van der Waals surface area contributed by atoms with Crippen LogP contribution in [0.25, 0.3) is 0 Å². The minimum Gasteiger partial charge on any atom is -0.479 e. The van der Waals surface area contributed by atoms with Crippen LogP contribution in [0.2, 0.25) is 0 Å². The van der Waals surface area contributed by atoms with Crippen molar-refractivity contribution in [3.63, 3.8) is 0 Å². The molecule has 1 atom stereocenters. The predicted octanol–water partition coefficient (Wildman–Crippen LogP) is 3.93. The van der Waals surface area contributed by atoms with E-state index in [1.54, 1.807) is 6.07 Å². The van der Waals surface area contributed by atoms with E-state index in [0.717, 1.165) is 41.2 Å². The Labute approximate surface area is 171 Å². The first-order valence-electron chi connectivity index (χ1n) is 10.2. The highest BCUT2D eigenvalue weighted by atomic mass is 19.1. The third-order valence-electron chi connectivity index (χ3n) is 5.92. The van der Waals surface area contributed by atoms with Gasteiger partial charge in [0, 0.05) is 36.1 Å². The second-order valence-corrected chi connectivity index (χ2v) is 8.58. The van der Waals surface area contributed by atoms with Crippen molar-refractivity contribution < 1.29 is 14.2 Å². The fraction of sp³-hybridized carbons (Fsp3) is 0.478. The maximum Gasteiger partial charge on any atom is 0.316 e. The quantitative estimate of drug-likeness (QED) is 0.775. The van der Waals surface area contributed by atoms with Crippen molar-refractivity contribution in [2.75, 3.05) is 24.6 Å². The van der Waals surface area contributed by atoms with E-state index in [4.69, 9.17) is 4.74 Å². The van der Waals surface area contributed by atoms with Gasteiger partial charge in [0.1, 0.15) is 11.6 Å². The summed E-state index contributed by atoms with van der Waals surface area (Å²) < 4.78 is 20.7. The number of ether oxygens (including phenoxy) is 1. The zero-order valence-corrected chi connectivity index (χ0v) is 17.1. The SMILES string of the molecule is C=CCN(CC(C)C)c1nc(O)nc2c1CCC1(COCc3cccc(F)c31)C2. The van der Waals surface area contributed by atoms with Gasteiger partial charge in [-0.15, -0.1) is 6.58 Å². The van der Waals surface area contributed by atoms with Crippen LogP contribution in [-0.2, 0) is 29.6 Å². The van der Waals surface area contributed by atoms with E-state index in [1.165, 1.54) is 6.07 Å². The Morgan fingerprint density at radius 2 is 2.21 bits per heavy atom. The summed E-state index contributed by atoms with van der Waals surface area (Å²) in [5.74, 6) is 1.02. The van der Waals surface area contributed by atoms with Crippen molar-refractivity contribution in [2.24, 2.45) is 5.92 Å². The first kappa shape index (κ1) is 19.8. The molecule has 2 heterocycles. The Morgan fingerprint density at radius 1 is 1.38 bits per heavy atom. The largest absolute Gasteiger partial charge is 0.479 e. The van der Waals surface area contributed by atoms with E-state index < -0.39 is 5.41 Å². The molecule has 1 unspecified atom stereocenters. The molecule has 2 aliphatic rings. The Hall–Kier alpha value is -2.47. The van der Waals surface area contributed by atoms with Crippen molar-refractivity contribution in [1.82, 2.24) is 9.97 Å². The number of benzene rings is 1. The standard InChI is InChI=1S/C23H28FN3O2/c1-4-10-27(12-15(2)3)21-17-8-9-23(11-19(17)25-22(28)26-21)14-29-13-16-6-5-7-18(24)20(16)23/h4-7,15H,1,8-14H2,2-3H3,(H,25,26,28). The fourth-order valence-electron chi connectivity index (χ4n) is 4.83. The average molecular weight is 397 g/mol. The summed E-state index contributed by atoms with van der Waals surface area (Å²) in [6, 6.07) is 4.96. The van der Waals surface area contributed by atoms with Gasteiger partial charge in [0.05, 0.1) is 18.9 Å². The van der Waals surface area contributed by atoms with Crippen LogP contribution < -0.4 is 4.90 Å². The molecule has 0 amide bonds. The molecule has 0 bridgehead atoms. The number of rotatable bonds is 5. The lowest BCUT2D eigenvalue weighted by molar-refractivity contribution is 0.0416. The summed E-state index contributed by atoms with van der Waals surface area (Å²) in [4.78, 5) is 10.9. The molecule has 6 heteroatoms. The number of halogens is 1. The van der Waals surface area contributed by atoms with Gasteiger partial charge in [-0.1, -0.05) is 32.1 Å². The summed E-state index contributed by atoms with van der Waals surface area (Å²) in [7, 11) is 0. The van der Waals surface area contributed by atoms with Gasteiger partial charge in [0.2, 0.25) is 0 Å². The van der Waals surface area contributed by atoms with Crippen molar-refractivity contribution in [3.8, 4) is 6.01 Å². The van der Waals surface area contributed by atoms with E-state index >= 15 is 0 Å². The average Bonchev–Trinajstić information content (AvgIpc) is 2.66. The van der Waals surface area contributed by atoms with E-state index in [1.807, 2.05) is 12.1 Å². The van der Waals surface area contributed by atoms with Crippen LogP contribution in [0, 0.1) is 11.7 Å². The second-order valence-electron chi connectivity index (χ2n) is 8.58. The van der Waals surface area contributed by atoms with Crippen molar-refractivity contribution in [2.45, 2.75) is 45.1 Å². The van der Waals surface area contributed by atoms with Crippen LogP contribution in [0.5, 0.6) is 6.01 Å². The fourth-order valence-corrected chi connectivity index (χ4v) is 4.83. The highest BCUT2D eigenvalue weighted by molar-refractivity contribution is 5.53.